The molecule has 2 rings (SSSR count). The molecule has 5 nitrogen and oxygen atoms in total. The smallest absolute Gasteiger partial charge is 0.274 e. The summed E-state index contributed by atoms with van der Waals surface area (Å²) in [7, 11) is 1.61. The van der Waals surface area contributed by atoms with E-state index in [4.69, 9.17) is 4.74 Å². The molecule has 0 aromatic heterocycles. The van der Waals surface area contributed by atoms with Gasteiger partial charge in [0.1, 0.15) is 5.82 Å². The second-order valence-corrected chi connectivity index (χ2v) is 5.19. The van der Waals surface area contributed by atoms with Crippen molar-refractivity contribution in [3.8, 4) is 0 Å². The van der Waals surface area contributed by atoms with Gasteiger partial charge in [-0.1, -0.05) is 0 Å². The van der Waals surface area contributed by atoms with Crippen molar-refractivity contribution in [2.45, 2.75) is 25.8 Å². The third-order valence-electron chi connectivity index (χ3n) is 3.74. The highest BCUT2D eigenvalue weighted by atomic mass is 19.1. The summed E-state index contributed by atoms with van der Waals surface area (Å²) in [4.78, 5) is 12.3. The average molecular weight is 282 g/mol. The molecule has 0 aliphatic heterocycles. The van der Waals surface area contributed by atoms with Gasteiger partial charge in [0.15, 0.2) is 0 Å². The van der Waals surface area contributed by atoms with Crippen molar-refractivity contribution in [2.24, 2.45) is 5.92 Å². The maximum atomic E-state index is 13.6. The third kappa shape index (κ3) is 3.45. The Kier molecular flexibility index (Phi) is 4.54. The van der Waals surface area contributed by atoms with Crippen LogP contribution >= 0.6 is 0 Å². The summed E-state index contributed by atoms with van der Waals surface area (Å²) in [5.41, 5.74) is 0.332. The molecule has 1 aliphatic carbocycles. The first-order chi connectivity index (χ1) is 9.52. The predicted molar refractivity (Wildman–Crippen MR) is 74.5 cm³/mol. The molecular weight excluding hydrogens is 263 g/mol. The van der Waals surface area contributed by atoms with Crippen LogP contribution in [0.1, 0.15) is 19.8 Å². The minimum absolute atomic E-state index is 0.217. The van der Waals surface area contributed by atoms with Crippen molar-refractivity contribution in [1.29, 1.82) is 0 Å². The van der Waals surface area contributed by atoms with E-state index in [2.05, 4.69) is 6.92 Å². The predicted octanol–water partition coefficient (Wildman–Crippen LogP) is 2.99. The summed E-state index contributed by atoms with van der Waals surface area (Å²) in [6.45, 7) is 3.17. The van der Waals surface area contributed by atoms with Gasteiger partial charge in [-0.3, -0.25) is 10.1 Å². The molecule has 0 bridgehead atoms. The number of nitrogens with zero attached hydrogens (tertiary/aromatic N) is 2. The molecule has 110 valence electrons. The van der Waals surface area contributed by atoms with Crippen LogP contribution in [0, 0.1) is 21.8 Å². The van der Waals surface area contributed by atoms with Gasteiger partial charge >= 0.3 is 0 Å². The Morgan fingerprint density at radius 2 is 2.20 bits per heavy atom. The van der Waals surface area contributed by atoms with E-state index in [1.807, 2.05) is 4.90 Å². The van der Waals surface area contributed by atoms with Gasteiger partial charge in [0, 0.05) is 31.5 Å². The van der Waals surface area contributed by atoms with Crippen molar-refractivity contribution < 1.29 is 14.1 Å². The normalized spacial score (nSPS) is 15.9. The summed E-state index contributed by atoms with van der Waals surface area (Å²) < 4.78 is 18.7. The molecule has 1 atom stereocenters. The van der Waals surface area contributed by atoms with Crippen LogP contribution in [-0.2, 0) is 4.74 Å². The second kappa shape index (κ2) is 6.17. The Morgan fingerprint density at radius 3 is 2.75 bits per heavy atom. The number of rotatable bonds is 7. The maximum Gasteiger partial charge on any atom is 0.274 e. The summed E-state index contributed by atoms with van der Waals surface area (Å²) in [5.74, 6) is -0.00575. The Morgan fingerprint density at radius 1 is 1.50 bits per heavy atom. The summed E-state index contributed by atoms with van der Waals surface area (Å²) in [5, 5.41) is 10.9. The Balaban J connectivity index is 2.28. The number of nitro benzene ring substituents is 1. The average Bonchev–Trinajstić information content (AvgIpc) is 3.22. The number of ether oxygens (including phenoxy) is 1. The number of benzene rings is 1. The van der Waals surface area contributed by atoms with Gasteiger partial charge in [0.2, 0.25) is 0 Å². The molecule has 1 aromatic carbocycles. The number of halogens is 1. The van der Waals surface area contributed by atoms with E-state index < -0.39 is 10.7 Å². The topological polar surface area (TPSA) is 55.6 Å². The van der Waals surface area contributed by atoms with Crippen molar-refractivity contribution in [1.82, 2.24) is 0 Å². The monoisotopic (exact) mass is 282 g/mol. The lowest BCUT2D eigenvalue weighted by atomic mass is 10.1. The molecule has 0 heterocycles. The zero-order valence-corrected chi connectivity index (χ0v) is 11.7. The summed E-state index contributed by atoms with van der Waals surface area (Å²) in [6.07, 6.45) is 2.31. The first kappa shape index (κ1) is 14.7. The lowest BCUT2D eigenvalue weighted by molar-refractivity contribution is -0.385. The maximum absolute atomic E-state index is 13.6. The van der Waals surface area contributed by atoms with Gasteiger partial charge in [-0.15, -0.1) is 0 Å². The van der Waals surface area contributed by atoms with E-state index in [9.17, 15) is 14.5 Å². The molecular formula is C14H19FN2O3. The van der Waals surface area contributed by atoms with Gasteiger partial charge in [-0.2, -0.15) is 0 Å². The van der Waals surface area contributed by atoms with Crippen molar-refractivity contribution in [3.05, 3.63) is 34.1 Å². The van der Waals surface area contributed by atoms with Crippen LogP contribution in [-0.4, -0.2) is 31.2 Å². The Labute approximate surface area is 117 Å². The number of methoxy groups -OCH3 is 1. The minimum Gasteiger partial charge on any atom is -0.383 e. The van der Waals surface area contributed by atoms with E-state index in [1.165, 1.54) is 12.1 Å². The van der Waals surface area contributed by atoms with Crippen LogP contribution in [0.25, 0.3) is 0 Å². The molecule has 0 saturated heterocycles. The standard InChI is InChI=1S/C14H19FN2O3/c1-10(11-3-4-11)16(5-6-20-2)13-7-12(15)8-14(9-13)17(18)19/h7-11H,3-6H2,1-2H3. The van der Waals surface area contributed by atoms with Crippen molar-refractivity contribution in [3.63, 3.8) is 0 Å². The fraction of sp³-hybridized carbons (Fsp3) is 0.571. The van der Waals surface area contributed by atoms with Crippen molar-refractivity contribution >= 4 is 11.4 Å². The highest BCUT2D eigenvalue weighted by Crippen LogP contribution is 2.37. The quantitative estimate of drug-likeness (QED) is 0.570. The lowest BCUT2D eigenvalue weighted by Gasteiger charge is -2.31. The highest BCUT2D eigenvalue weighted by Gasteiger charge is 2.32. The zero-order valence-electron chi connectivity index (χ0n) is 11.7. The lowest BCUT2D eigenvalue weighted by Crippen LogP contribution is -2.37. The van der Waals surface area contributed by atoms with Crippen LogP contribution in [0.15, 0.2) is 18.2 Å². The number of hydrogen-bond donors (Lipinski definition) is 0. The van der Waals surface area contributed by atoms with Crippen LogP contribution in [0.2, 0.25) is 0 Å². The molecule has 1 unspecified atom stereocenters. The van der Waals surface area contributed by atoms with Gasteiger partial charge in [0.25, 0.3) is 5.69 Å². The van der Waals surface area contributed by atoms with E-state index in [1.54, 1.807) is 7.11 Å². The molecule has 1 aliphatic rings. The van der Waals surface area contributed by atoms with E-state index in [0.717, 1.165) is 18.9 Å². The summed E-state index contributed by atoms with van der Waals surface area (Å²) in [6, 6.07) is 3.95. The molecule has 1 aromatic rings. The molecule has 0 amide bonds. The van der Waals surface area contributed by atoms with Crippen LogP contribution in [0.4, 0.5) is 15.8 Å². The molecule has 0 radical (unpaired) electrons. The Bertz CT molecular complexity index is 491. The number of hydrogen-bond acceptors (Lipinski definition) is 4. The first-order valence-electron chi connectivity index (χ1n) is 6.73. The number of non-ortho nitro benzene ring substituents is 1. The van der Waals surface area contributed by atoms with Crippen molar-refractivity contribution in [2.75, 3.05) is 25.2 Å². The fourth-order valence-corrected chi connectivity index (χ4v) is 2.42. The van der Waals surface area contributed by atoms with Gasteiger partial charge in [-0.05, 0) is 31.7 Å². The molecule has 20 heavy (non-hydrogen) atoms. The molecule has 1 saturated carbocycles. The highest BCUT2D eigenvalue weighted by molar-refractivity contribution is 5.54. The van der Waals surface area contributed by atoms with E-state index in [0.29, 0.717) is 24.8 Å². The molecule has 6 heteroatoms. The van der Waals surface area contributed by atoms with Gasteiger partial charge < -0.3 is 9.64 Å². The summed E-state index contributed by atoms with van der Waals surface area (Å²) >= 11 is 0. The van der Waals surface area contributed by atoms with Gasteiger partial charge in [-0.25, -0.2) is 4.39 Å². The minimum atomic E-state index is -0.584. The van der Waals surface area contributed by atoms with E-state index in [-0.39, 0.29) is 11.7 Å². The van der Waals surface area contributed by atoms with Gasteiger partial charge in [0.05, 0.1) is 17.6 Å². The largest absolute Gasteiger partial charge is 0.383 e. The van der Waals surface area contributed by atoms with E-state index >= 15 is 0 Å². The second-order valence-electron chi connectivity index (χ2n) is 5.19. The third-order valence-corrected chi connectivity index (χ3v) is 3.74. The molecule has 1 fully saturated rings. The fourth-order valence-electron chi connectivity index (χ4n) is 2.42. The van der Waals surface area contributed by atoms with Crippen LogP contribution < -0.4 is 4.90 Å². The molecule has 0 spiro atoms. The first-order valence-corrected chi connectivity index (χ1v) is 6.73. The SMILES string of the molecule is COCCN(c1cc(F)cc([N+](=O)[O-])c1)C(C)C1CC1. The number of anilines is 1. The Hall–Kier alpha value is -1.69. The zero-order chi connectivity index (χ0) is 14.7. The number of nitro groups is 1. The van der Waals surface area contributed by atoms with Crippen LogP contribution in [0.3, 0.4) is 0 Å². The molecule has 0 N–H and O–H groups in total. The van der Waals surface area contributed by atoms with Crippen LogP contribution in [0.5, 0.6) is 0 Å².